The molecule has 20 heavy (non-hydrogen) atoms. The molecule has 108 valence electrons. The van der Waals surface area contributed by atoms with E-state index in [2.05, 4.69) is 22.3 Å². The number of carbonyl (C=O) groups excluding carboxylic acids is 1. The van der Waals surface area contributed by atoms with Crippen molar-refractivity contribution in [1.82, 2.24) is 0 Å². The Morgan fingerprint density at radius 3 is 2.35 bits per heavy atom. The highest BCUT2D eigenvalue weighted by atomic mass is 32.2. The van der Waals surface area contributed by atoms with E-state index >= 15 is 0 Å². The fourth-order valence-electron chi connectivity index (χ4n) is 2.62. The van der Waals surface area contributed by atoms with Crippen LogP contribution in [-0.2, 0) is 4.79 Å². The Hall–Kier alpha value is -0.810. The molecular weight excluding hydrogens is 288 g/mol. The van der Waals surface area contributed by atoms with E-state index in [1.807, 2.05) is 12.1 Å². The van der Waals surface area contributed by atoms with Gasteiger partial charge in [-0.25, -0.2) is 0 Å². The summed E-state index contributed by atoms with van der Waals surface area (Å²) in [5.74, 6) is 2.29. The molecule has 0 aliphatic carbocycles. The smallest absolute Gasteiger partial charge is 0.247 e. The zero-order chi connectivity index (χ0) is 13.8. The summed E-state index contributed by atoms with van der Waals surface area (Å²) in [7, 11) is 0. The van der Waals surface area contributed by atoms with Crippen LogP contribution in [0, 0.1) is 0 Å². The number of hydrogen-bond donors (Lipinski definition) is 1. The van der Waals surface area contributed by atoms with E-state index in [0.29, 0.717) is 0 Å². The molecule has 1 amide bonds. The predicted molar refractivity (Wildman–Crippen MR) is 89.8 cm³/mol. The van der Waals surface area contributed by atoms with Crippen molar-refractivity contribution in [2.24, 2.45) is 0 Å². The average Bonchev–Trinajstić information content (AvgIpc) is 3.03. The summed E-state index contributed by atoms with van der Waals surface area (Å²) in [5.41, 5.74) is 2.18. The second kappa shape index (κ2) is 6.76. The Balaban J connectivity index is 1.59. The fourth-order valence-corrected chi connectivity index (χ4v) is 5.20. The van der Waals surface area contributed by atoms with Crippen LogP contribution in [0.5, 0.6) is 0 Å². The van der Waals surface area contributed by atoms with Crippen molar-refractivity contribution < 1.29 is 4.79 Å². The Morgan fingerprint density at radius 2 is 1.70 bits per heavy atom. The van der Waals surface area contributed by atoms with Crippen molar-refractivity contribution in [1.29, 1.82) is 0 Å². The van der Waals surface area contributed by atoms with Crippen LogP contribution in [0.2, 0.25) is 0 Å². The number of anilines is 2. The van der Waals surface area contributed by atoms with Crippen LogP contribution in [0.1, 0.15) is 19.3 Å². The number of rotatable bonds is 3. The van der Waals surface area contributed by atoms with E-state index in [1.165, 1.54) is 24.9 Å². The minimum atomic E-state index is 0.0665. The topological polar surface area (TPSA) is 32.3 Å². The van der Waals surface area contributed by atoms with Crippen LogP contribution in [-0.4, -0.2) is 35.1 Å². The van der Waals surface area contributed by atoms with Crippen LogP contribution < -0.4 is 10.2 Å². The first-order valence-electron chi connectivity index (χ1n) is 7.22. The van der Waals surface area contributed by atoms with Gasteiger partial charge < -0.3 is 10.2 Å². The number of hydrogen-bond acceptors (Lipinski definition) is 4. The lowest BCUT2D eigenvalue weighted by Gasteiger charge is -2.28. The third-order valence-electron chi connectivity index (χ3n) is 3.69. The maximum absolute atomic E-state index is 12.0. The second-order valence-corrected chi connectivity index (χ2v) is 7.88. The third kappa shape index (κ3) is 3.44. The van der Waals surface area contributed by atoms with Gasteiger partial charge in [-0.1, -0.05) is 0 Å². The molecule has 2 heterocycles. The lowest BCUT2D eigenvalue weighted by atomic mass is 10.1. The molecule has 0 spiro atoms. The maximum atomic E-state index is 12.0. The Kier molecular flexibility index (Phi) is 4.78. The van der Waals surface area contributed by atoms with Gasteiger partial charge in [-0.15, -0.1) is 23.5 Å². The molecule has 3 nitrogen and oxygen atoms in total. The molecule has 0 saturated carbocycles. The number of benzene rings is 1. The molecule has 0 bridgehead atoms. The van der Waals surface area contributed by atoms with Gasteiger partial charge in [0.05, 0.1) is 0 Å². The molecule has 2 aliphatic heterocycles. The molecule has 0 radical (unpaired) electrons. The van der Waals surface area contributed by atoms with E-state index in [9.17, 15) is 4.79 Å². The van der Waals surface area contributed by atoms with Crippen molar-refractivity contribution in [3.8, 4) is 0 Å². The van der Waals surface area contributed by atoms with Gasteiger partial charge in [-0.2, -0.15) is 0 Å². The summed E-state index contributed by atoms with van der Waals surface area (Å²) in [6, 6.07) is 8.28. The van der Waals surface area contributed by atoms with Crippen molar-refractivity contribution in [3.05, 3.63) is 24.3 Å². The van der Waals surface area contributed by atoms with Gasteiger partial charge >= 0.3 is 0 Å². The quantitative estimate of drug-likeness (QED) is 0.927. The Bertz CT molecular complexity index is 451. The summed E-state index contributed by atoms with van der Waals surface area (Å²) in [6.07, 6.45) is 3.92. The first-order valence-corrected chi connectivity index (χ1v) is 9.32. The molecule has 1 N–H and O–H groups in total. The summed E-state index contributed by atoms with van der Waals surface area (Å²) in [6.45, 7) is 2.31. The molecular formula is C15H20N2OS2. The number of piperidine rings is 1. The van der Waals surface area contributed by atoms with Crippen molar-refractivity contribution in [2.45, 2.75) is 23.8 Å². The highest BCUT2D eigenvalue weighted by molar-refractivity contribution is 8.21. The van der Waals surface area contributed by atoms with Gasteiger partial charge in [0.25, 0.3) is 0 Å². The molecule has 5 heteroatoms. The highest BCUT2D eigenvalue weighted by Crippen LogP contribution is 2.32. The van der Waals surface area contributed by atoms with Crippen LogP contribution in [0.15, 0.2) is 24.3 Å². The summed E-state index contributed by atoms with van der Waals surface area (Å²) >= 11 is 3.48. The summed E-state index contributed by atoms with van der Waals surface area (Å²) in [4.78, 5) is 14.5. The van der Waals surface area contributed by atoms with Crippen LogP contribution in [0.4, 0.5) is 11.4 Å². The molecule has 2 saturated heterocycles. The number of amides is 1. The molecule has 2 fully saturated rings. The monoisotopic (exact) mass is 308 g/mol. The lowest BCUT2D eigenvalue weighted by Crippen LogP contribution is -2.29. The standard InChI is InChI=1S/C15H20N2OS2/c18-14(15-19-10-11-20-15)16-12-4-6-13(7-5-12)17-8-2-1-3-9-17/h4-7,15H,1-3,8-11H2,(H,16,18). The number of nitrogens with one attached hydrogen (secondary N) is 1. The Morgan fingerprint density at radius 1 is 1.05 bits per heavy atom. The predicted octanol–water partition coefficient (Wildman–Crippen LogP) is 3.42. The van der Waals surface area contributed by atoms with E-state index < -0.39 is 0 Å². The molecule has 1 aromatic rings. The lowest BCUT2D eigenvalue weighted by molar-refractivity contribution is -0.114. The zero-order valence-electron chi connectivity index (χ0n) is 11.5. The minimum absolute atomic E-state index is 0.0665. The first-order chi connectivity index (χ1) is 9.83. The zero-order valence-corrected chi connectivity index (χ0v) is 13.1. The van der Waals surface area contributed by atoms with E-state index in [4.69, 9.17) is 0 Å². The van der Waals surface area contributed by atoms with Gasteiger partial charge in [-0.3, -0.25) is 4.79 Å². The van der Waals surface area contributed by atoms with Gasteiger partial charge in [0.1, 0.15) is 4.58 Å². The number of thioether (sulfide) groups is 2. The molecule has 3 rings (SSSR count). The molecule has 0 aromatic heterocycles. The molecule has 1 aromatic carbocycles. The molecule has 0 unspecified atom stereocenters. The van der Waals surface area contributed by atoms with Crippen molar-refractivity contribution >= 4 is 40.8 Å². The fraction of sp³-hybridized carbons (Fsp3) is 0.533. The van der Waals surface area contributed by atoms with Crippen LogP contribution in [0.3, 0.4) is 0 Å². The van der Waals surface area contributed by atoms with Gasteiger partial charge in [0.15, 0.2) is 0 Å². The van der Waals surface area contributed by atoms with Crippen LogP contribution in [0.25, 0.3) is 0 Å². The largest absolute Gasteiger partial charge is 0.372 e. The van der Waals surface area contributed by atoms with Crippen molar-refractivity contribution in [3.63, 3.8) is 0 Å². The number of carbonyl (C=O) groups is 1. The Labute approximate surface area is 128 Å². The van der Waals surface area contributed by atoms with Gasteiger partial charge in [0, 0.05) is 36.0 Å². The maximum Gasteiger partial charge on any atom is 0.247 e. The van der Waals surface area contributed by atoms with E-state index in [-0.39, 0.29) is 10.5 Å². The summed E-state index contributed by atoms with van der Waals surface area (Å²) in [5, 5.41) is 3.01. The van der Waals surface area contributed by atoms with Crippen LogP contribution >= 0.6 is 23.5 Å². The SMILES string of the molecule is O=C(Nc1ccc(N2CCCCC2)cc1)C1SCCS1. The normalized spacial score (nSPS) is 20.1. The summed E-state index contributed by atoms with van der Waals surface area (Å²) < 4.78 is 0.0665. The first kappa shape index (κ1) is 14.1. The number of nitrogens with zero attached hydrogens (tertiary/aromatic N) is 1. The second-order valence-electron chi connectivity index (χ2n) is 5.16. The average molecular weight is 308 g/mol. The van der Waals surface area contributed by atoms with Crippen molar-refractivity contribution in [2.75, 3.05) is 34.8 Å². The highest BCUT2D eigenvalue weighted by Gasteiger charge is 2.24. The molecule has 0 atom stereocenters. The van der Waals surface area contributed by atoms with E-state index in [1.54, 1.807) is 23.5 Å². The minimum Gasteiger partial charge on any atom is -0.372 e. The van der Waals surface area contributed by atoms with Gasteiger partial charge in [0.2, 0.25) is 5.91 Å². The third-order valence-corrected chi connectivity index (χ3v) is 6.68. The van der Waals surface area contributed by atoms with E-state index in [0.717, 1.165) is 30.3 Å². The molecule has 2 aliphatic rings. The van der Waals surface area contributed by atoms with Gasteiger partial charge in [-0.05, 0) is 43.5 Å².